The minimum Gasteiger partial charge on any atom is -0.478 e. The lowest BCUT2D eigenvalue weighted by atomic mass is 10.0. The Morgan fingerprint density at radius 1 is 1.14 bits per heavy atom. The zero-order chi connectivity index (χ0) is 15.7. The van der Waals surface area contributed by atoms with Crippen molar-refractivity contribution >= 4 is 16.9 Å². The standard InChI is InChI=1S/C17H9FN2O2/c18-12-5-6-15-13(7-12)14(17(21)22)8-16(20-15)11-3-1-10(9-19)2-4-11/h1-8H,(H,21,22). The Hall–Kier alpha value is -3.26. The molecule has 0 spiro atoms. The number of aromatic carboxylic acids is 1. The van der Waals surface area contributed by atoms with Gasteiger partial charge >= 0.3 is 5.97 Å². The van der Waals surface area contributed by atoms with Crippen molar-refractivity contribution in [2.75, 3.05) is 0 Å². The number of nitrogens with zero attached hydrogens (tertiary/aromatic N) is 2. The van der Waals surface area contributed by atoms with Gasteiger partial charge in [-0.25, -0.2) is 14.2 Å². The normalized spacial score (nSPS) is 10.4. The molecule has 2 aromatic carbocycles. The summed E-state index contributed by atoms with van der Waals surface area (Å²) in [4.78, 5) is 15.8. The number of carboxylic acids is 1. The van der Waals surface area contributed by atoms with E-state index in [9.17, 15) is 14.3 Å². The van der Waals surface area contributed by atoms with Crippen LogP contribution in [0.3, 0.4) is 0 Å². The van der Waals surface area contributed by atoms with Crippen LogP contribution in [0, 0.1) is 17.1 Å². The van der Waals surface area contributed by atoms with E-state index in [-0.39, 0.29) is 10.9 Å². The molecule has 4 nitrogen and oxygen atoms in total. The molecule has 3 rings (SSSR count). The highest BCUT2D eigenvalue weighted by Gasteiger charge is 2.13. The van der Waals surface area contributed by atoms with Gasteiger partial charge in [-0.05, 0) is 36.4 Å². The van der Waals surface area contributed by atoms with Gasteiger partial charge in [0.2, 0.25) is 0 Å². The third-order valence-corrected chi connectivity index (χ3v) is 3.31. The monoisotopic (exact) mass is 292 g/mol. The Bertz CT molecular complexity index is 928. The zero-order valence-corrected chi connectivity index (χ0v) is 11.2. The summed E-state index contributed by atoms with van der Waals surface area (Å²) < 4.78 is 13.3. The fourth-order valence-electron chi connectivity index (χ4n) is 2.24. The molecule has 0 saturated heterocycles. The van der Waals surface area contributed by atoms with Gasteiger partial charge in [0.25, 0.3) is 0 Å². The van der Waals surface area contributed by atoms with E-state index in [1.54, 1.807) is 24.3 Å². The molecule has 1 heterocycles. The van der Waals surface area contributed by atoms with Crippen LogP contribution in [-0.2, 0) is 0 Å². The first-order chi connectivity index (χ1) is 10.6. The van der Waals surface area contributed by atoms with Crippen LogP contribution in [0.5, 0.6) is 0 Å². The maximum absolute atomic E-state index is 13.3. The maximum atomic E-state index is 13.3. The molecule has 3 aromatic rings. The smallest absolute Gasteiger partial charge is 0.336 e. The number of aromatic nitrogens is 1. The fraction of sp³-hybridized carbons (Fsp3) is 0. The van der Waals surface area contributed by atoms with Crippen molar-refractivity contribution < 1.29 is 14.3 Å². The summed E-state index contributed by atoms with van der Waals surface area (Å²) >= 11 is 0. The molecule has 0 aliphatic rings. The number of fused-ring (bicyclic) bond motifs is 1. The molecule has 1 aromatic heterocycles. The van der Waals surface area contributed by atoms with Crippen molar-refractivity contribution in [3.63, 3.8) is 0 Å². The van der Waals surface area contributed by atoms with Gasteiger partial charge in [-0.3, -0.25) is 0 Å². The van der Waals surface area contributed by atoms with Crippen molar-refractivity contribution in [1.29, 1.82) is 5.26 Å². The predicted octanol–water partition coefficient (Wildman–Crippen LogP) is 3.61. The van der Waals surface area contributed by atoms with Gasteiger partial charge in [0.05, 0.1) is 28.4 Å². The van der Waals surface area contributed by atoms with Crippen LogP contribution in [-0.4, -0.2) is 16.1 Å². The lowest BCUT2D eigenvalue weighted by Crippen LogP contribution is -2.00. The van der Waals surface area contributed by atoms with Gasteiger partial charge in [-0.2, -0.15) is 5.26 Å². The average molecular weight is 292 g/mol. The lowest BCUT2D eigenvalue weighted by Gasteiger charge is -2.07. The zero-order valence-electron chi connectivity index (χ0n) is 11.2. The van der Waals surface area contributed by atoms with Crippen LogP contribution < -0.4 is 0 Å². The number of nitriles is 1. The quantitative estimate of drug-likeness (QED) is 0.783. The lowest BCUT2D eigenvalue weighted by molar-refractivity contribution is 0.0699. The molecular formula is C17H9FN2O2. The summed E-state index contributed by atoms with van der Waals surface area (Å²) in [6.45, 7) is 0. The van der Waals surface area contributed by atoms with E-state index in [0.717, 1.165) is 6.07 Å². The van der Waals surface area contributed by atoms with Gasteiger partial charge in [-0.15, -0.1) is 0 Å². The third-order valence-electron chi connectivity index (χ3n) is 3.31. The number of benzene rings is 2. The first kappa shape index (κ1) is 13.7. The van der Waals surface area contributed by atoms with E-state index in [1.807, 2.05) is 6.07 Å². The SMILES string of the molecule is N#Cc1ccc(-c2cc(C(=O)O)c3cc(F)ccc3n2)cc1. The van der Waals surface area contributed by atoms with Crippen molar-refractivity contribution in [1.82, 2.24) is 4.98 Å². The molecule has 106 valence electrons. The van der Waals surface area contributed by atoms with E-state index in [2.05, 4.69) is 4.98 Å². The number of rotatable bonds is 2. The largest absolute Gasteiger partial charge is 0.478 e. The van der Waals surface area contributed by atoms with E-state index in [1.165, 1.54) is 18.2 Å². The molecule has 22 heavy (non-hydrogen) atoms. The summed E-state index contributed by atoms with van der Waals surface area (Å²) in [6.07, 6.45) is 0. The highest BCUT2D eigenvalue weighted by atomic mass is 19.1. The van der Waals surface area contributed by atoms with Crippen LogP contribution in [0.25, 0.3) is 22.2 Å². The molecule has 0 radical (unpaired) electrons. The van der Waals surface area contributed by atoms with Crippen LogP contribution in [0.1, 0.15) is 15.9 Å². The van der Waals surface area contributed by atoms with Gasteiger partial charge < -0.3 is 5.11 Å². The van der Waals surface area contributed by atoms with Gasteiger partial charge in [-0.1, -0.05) is 12.1 Å². The van der Waals surface area contributed by atoms with Crippen LogP contribution in [0.4, 0.5) is 4.39 Å². The Labute approximate surface area is 125 Å². The topological polar surface area (TPSA) is 74.0 Å². The second-order valence-corrected chi connectivity index (χ2v) is 4.71. The summed E-state index contributed by atoms with van der Waals surface area (Å²) in [5.41, 5.74) is 2.04. The van der Waals surface area contributed by atoms with Crippen molar-refractivity contribution in [2.45, 2.75) is 0 Å². The van der Waals surface area contributed by atoms with E-state index in [0.29, 0.717) is 22.3 Å². The van der Waals surface area contributed by atoms with Crippen molar-refractivity contribution in [3.05, 3.63) is 65.5 Å². The van der Waals surface area contributed by atoms with Gasteiger partial charge in [0.15, 0.2) is 0 Å². The summed E-state index contributed by atoms with van der Waals surface area (Å²) in [6, 6.07) is 13.9. The third kappa shape index (κ3) is 2.38. The van der Waals surface area contributed by atoms with Crippen LogP contribution in [0.2, 0.25) is 0 Å². The molecule has 0 aliphatic heterocycles. The minimum absolute atomic E-state index is 0.0103. The maximum Gasteiger partial charge on any atom is 0.336 e. The van der Waals surface area contributed by atoms with Gasteiger partial charge in [0.1, 0.15) is 5.82 Å². The van der Waals surface area contributed by atoms with E-state index < -0.39 is 11.8 Å². The molecule has 0 amide bonds. The van der Waals surface area contributed by atoms with Gasteiger partial charge in [0, 0.05) is 10.9 Å². The van der Waals surface area contributed by atoms with E-state index in [4.69, 9.17) is 5.26 Å². The molecule has 0 saturated carbocycles. The van der Waals surface area contributed by atoms with Crippen molar-refractivity contribution in [3.8, 4) is 17.3 Å². The summed E-state index contributed by atoms with van der Waals surface area (Å²) in [5, 5.41) is 18.4. The number of hydrogen-bond donors (Lipinski definition) is 1. The van der Waals surface area contributed by atoms with Crippen molar-refractivity contribution in [2.24, 2.45) is 0 Å². The highest BCUT2D eigenvalue weighted by molar-refractivity contribution is 6.03. The summed E-state index contributed by atoms with van der Waals surface area (Å²) in [5.74, 6) is -1.66. The second kappa shape index (κ2) is 5.26. The minimum atomic E-state index is -1.15. The number of carbonyl (C=O) groups is 1. The molecule has 1 N–H and O–H groups in total. The molecular weight excluding hydrogens is 283 g/mol. The Morgan fingerprint density at radius 3 is 2.50 bits per heavy atom. The number of carboxylic acid groups (broad SMARTS) is 1. The fourth-order valence-corrected chi connectivity index (χ4v) is 2.24. The molecule has 0 aliphatic carbocycles. The molecule has 0 atom stereocenters. The summed E-state index contributed by atoms with van der Waals surface area (Å²) in [7, 11) is 0. The Balaban J connectivity index is 2.24. The second-order valence-electron chi connectivity index (χ2n) is 4.71. The Kier molecular flexibility index (Phi) is 3.28. The predicted molar refractivity (Wildman–Crippen MR) is 78.8 cm³/mol. The Morgan fingerprint density at radius 2 is 1.86 bits per heavy atom. The number of hydrogen-bond acceptors (Lipinski definition) is 3. The first-order valence-corrected chi connectivity index (χ1v) is 6.42. The molecule has 5 heteroatoms. The first-order valence-electron chi connectivity index (χ1n) is 6.42. The van der Waals surface area contributed by atoms with Crippen LogP contribution in [0.15, 0.2) is 48.5 Å². The number of pyridine rings is 1. The number of halogens is 1. The average Bonchev–Trinajstić information content (AvgIpc) is 2.53. The van der Waals surface area contributed by atoms with E-state index >= 15 is 0 Å². The molecule has 0 bridgehead atoms. The van der Waals surface area contributed by atoms with Crippen LogP contribution >= 0.6 is 0 Å². The molecule has 0 fully saturated rings. The molecule has 0 unspecified atom stereocenters. The highest BCUT2D eigenvalue weighted by Crippen LogP contribution is 2.25.